The number of phenolic OH excluding ortho intramolecular Hbond substituents is 1. The molecule has 0 unspecified atom stereocenters. The van der Waals surface area contributed by atoms with E-state index in [1.54, 1.807) is 13.0 Å². The molecule has 0 aliphatic heterocycles. The third-order valence-electron chi connectivity index (χ3n) is 4.05. The molecule has 0 saturated heterocycles. The summed E-state index contributed by atoms with van der Waals surface area (Å²) in [4.78, 5) is 22.4. The minimum Gasteiger partial charge on any atom is -0.744 e. The number of nitro groups is 1. The van der Waals surface area contributed by atoms with Crippen molar-refractivity contribution in [2.45, 2.75) is 11.8 Å². The van der Waals surface area contributed by atoms with E-state index in [0.717, 1.165) is 12.1 Å². The van der Waals surface area contributed by atoms with E-state index in [4.69, 9.17) is 0 Å². The first-order valence-corrected chi connectivity index (χ1v) is 9.26. The molecule has 2 N–H and O–H groups in total. The van der Waals surface area contributed by atoms with Crippen LogP contribution in [0.2, 0.25) is 0 Å². The number of benzene rings is 3. The second-order valence-corrected chi connectivity index (χ2v) is 7.44. The van der Waals surface area contributed by atoms with Crippen LogP contribution in [-0.4, -0.2) is 28.9 Å². The van der Waals surface area contributed by atoms with Gasteiger partial charge in [0.25, 0.3) is 11.6 Å². The molecule has 0 aromatic heterocycles. The molecule has 144 valence electrons. The van der Waals surface area contributed by atoms with E-state index >= 15 is 0 Å². The van der Waals surface area contributed by atoms with Crippen LogP contribution in [0.15, 0.2) is 53.4 Å². The van der Waals surface area contributed by atoms with Crippen LogP contribution >= 0.6 is 0 Å². The van der Waals surface area contributed by atoms with Gasteiger partial charge in [0, 0.05) is 17.1 Å². The maximum atomic E-state index is 12.5. The summed E-state index contributed by atoms with van der Waals surface area (Å²) in [6.45, 7) is 1.66. The second kappa shape index (κ2) is 8.47. The van der Waals surface area contributed by atoms with Gasteiger partial charge in [-0.05, 0) is 48.2 Å². The molecule has 0 aliphatic carbocycles. The molecule has 0 aliphatic rings. The van der Waals surface area contributed by atoms with Gasteiger partial charge < -0.3 is 15.0 Å². The summed E-state index contributed by atoms with van der Waals surface area (Å²) in [5, 5.41) is 24.2. The number of amides is 1. The van der Waals surface area contributed by atoms with Gasteiger partial charge in [-0.15, -0.1) is 0 Å². The van der Waals surface area contributed by atoms with E-state index in [0.29, 0.717) is 5.56 Å². The Kier molecular flexibility index (Phi) is 6.66. The van der Waals surface area contributed by atoms with Crippen molar-refractivity contribution in [1.29, 1.82) is 0 Å². The number of carbonyl (C=O) groups is 1. The summed E-state index contributed by atoms with van der Waals surface area (Å²) in [6, 6.07) is 10.3. The average Bonchev–Trinajstić information content (AvgIpc) is 2.61. The molecule has 29 heavy (non-hydrogen) atoms. The topological polar surface area (TPSA) is 150 Å². The number of fused-ring (bicyclic) bond motifs is 1. The summed E-state index contributed by atoms with van der Waals surface area (Å²) in [5.74, 6) is -1.17. The van der Waals surface area contributed by atoms with E-state index in [1.807, 2.05) is 0 Å². The van der Waals surface area contributed by atoms with E-state index < -0.39 is 31.6 Å². The molecule has 0 radical (unpaired) electrons. The summed E-state index contributed by atoms with van der Waals surface area (Å²) in [7, 11) is -4.74. The summed E-state index contributed by atoms with van der Waals surface area (Å²) in [5.41, 5.74) is 0.377. The maximum absolute atomic E-state index is 12.5. The van der Waals surface area contributed by atoms with Crippen LogP contribution in [0, 0.1) is 17.0 Å². The molecule has 0 spiro atoms. The number of carbonyl (C=O) groups excluding carboxylic acids is 1. The van der Waals surface area contributed by atoms with Crippen molar-refractivity contribution in [3.05, 3.63) is 69.8 Å². The Morgan fingerprint density at radius 2 is 1.79 bits per heavy atom. The van der Waals surface area contributed by atoms with E-state index in [2.05, 4.69) is 5.32 Å². The standard InChI is InChI=1S/C18H14N2O7S.Na/c1-10-2-5-14(16(6-10)20(23)24)18(22)19-12-4-3-11-7-13(28(25,26)27)9-17(21)15(11)8-12;/h2-9,21H,1H3,(H,19,22)(H,25,26,27);/q;+1/p-1. The molecule has 0 atom stereocenters. The fourth-order valence-corrected chi connectivity index (χ4v) is 3.24. The van der Waals surface area contributed by atoms with Crippen molar-refractivity contribution in [3.8, 4) is 5.75 Å². The molecule has 0 saturated carbocycles. The van der Waals surface area contributed by atoms with Crippen LogP contribution in [0.4, 0.5) is 11.4 Å². The van der Waals surface area contributed by atoms with Gasteiger partial charge >= 0.3 is 29.6 Å². The van der Waals surface area contributed by atoms with Crippen LogP contribution in [0.1, 0.15) is 15.9 Å². The molecule has 9 nitrogen and oxygen atoms in total. The number of aryl methyl sites for hydroxylation is 1. The zero-order valence-corrected chi connectivity index (χ0v) is 18.2. The molecule has 11 heteroatoms. The van der Waals surface area contributed by atoms with Crippen LogP contribution in [0.25, 0.3) is 10.8 Å². The average molecular weight is 424 g/mol. The number of rotatable bonds is 4. The van der Waals surface area contributed by atoms with Gasteiger partial charge in [-0.3, -0.25) is 14.9 Å². The van der Waals surface area contributed by atoms with Gasteiger partial charge in [-0.2, -0.15) is 0 Å². The number of hydrogen-bond donors (Lipinski definition) is 2. The van der Waals surface area contributed by atoms with E-state index in [9.17, 15) is 33.0 Å². The van der Waals surface area contributed by atoms with Crippen LogP contribution in [0.5, 0.6) is 5.75 Å². The quantitative estimate of drug-likeness (QED) is 0.257. The van der Waals surface area contributed by atoms with Gasteiger partial charge in [0.2, 0.25) is 0 Å². The Balaban J connectivity index is 0.00000300. The summed E-state index contributed by atoms with van der Waals surface area (Å²) < 4.78 is 33.4. The number of aromatic hydroxyl groups is 1. The maximum Gasteiger partial charge on any atom is 1.00 e. The van der Waals surface area contributed by atoms with Crippen molar-refractivity contribution < 1.29 is 57.4 Å². The second-order valence-electron chi connectivity index (χ2n) is 6.06. The Labute approximate surface area is 187 Å². The summed E-state index contributed by atoms with van der Waals surface area (Å²) >= 11 is 0. The molecule has 0 bridgehead atoms. The van der Waals surface area contributed by atoms with Gasteiger partial charge in [-0.1, -0.05) is 12.1 Å². The Morgan fingerprint density at radius 1 is 1.10 bits per heavy atom. The Bertz CT molecular complexity index is 1240. The van der Waals surface area contributed by atoms with Crippen molar-refractivity contribution in [1.82, 2.24) is 0 Å². The minimum atomic E-state index is -4.74. The van der Waals surface area contributed by atoms with E-state index in [-0.39, 0.29) is 57.3 Å². The zero-order chi connectivity index (χ0) is 20.6. The third-order valence-corrected chi connectivity index (χ3v) is 4.86. The molecule has 3 rings (SSSR count). The predicted molar refractivity (Wildman–Crippen MR) is 99.4 cm³/mol. The number of phenols is 1. The molecule has 0 fully saturated rings. The van der Waals surface area contributed by atoms with Crippen molar-refractivity contribution in [2.24, 2.45) is 0 Å². The smallest absolute Gasteiger partial charge is 0.744 e. The van der Waals surface area contributed by atoms with Gasteiger partial charge in [0.1, 0.15) is 21.4 Å². The first-order chi connectivity index (χ1) is 13.1. The molecular weight excluding hydrogens is 411 g/mol. The first-order valence-electron chi connectivity index (χ1n) is 7.85. The van der Waals surface area contributed by atoms with Gasteiger partial charge in [0.05, 0.1) is 9.82 Å². The number of nitro benzene ring substituents is 1. The largest absolute Gasteiger partial charge is 1.00 e. The fourth-order valence-electron chi connectivity index (χ4n) is 2.72. The molecule has 1 amide bonds. The number of hydrogen-bond acceptors (Lipinski definition) is 7. The van der Waals surface area contributed by atoms with Crippen LogP contribution in [0.3, 0.4) is 0 Å². The SMILES string of the molecule is Cc1ccc(C(=O)Nc2ccc3cc(S(=O)(=O)[O-])cc(O)c3c2)c([N+](=O)[O-])c1.[Na+]. The molecule has 3 aromatic carbocycles. The van der Waals surface area contributed by atoms with Crippen molar-refractivity contribution in [3.63, 3.8) is 0 Å². The van der Waals surface area contributed by atoms with Crippen molar-refractivity contribution in [2.75, 3.05) is 5.32 Å². The van der Waals surface area contributed by atoms with Gasteiger partial charge in [-0.25, -0.2) is 8.42 Å². The van der Waals surface area contributed by atoms with Crippen LogP contribution in [-0.2, 0) is 10.1 Å². The van der Waals surface area contributed by atoms with E-state index in [1.165, 1.54) is 30.3 Å². The number of nitrogens with one attached hydrogen (secondary N) is 1. The predicted octanol–water partition coefficient (Wildman–Crippen LogP) is -0.0776. The first kappa shape index (κ1) is 22.8. The number of anilines is 1. The van der Waals surface area contributed by atoms with Gasteiger partial charge in [0.15, 0.2) is 0 Å². The zero-order valence-electron chi connectivity index (χ0n) is 15.4. The Morgan fingerprint density at radius 3 is 2.41 bits per heavy atom. The molecule has 3 aromatic rings. The van der Waals surface area contributed by atoms with Crippen molar-refractivity contribution >= 4 is 38.2 Å². The Hall–Kier alpha value is -2.50. The summed E-state index contributed by atoms with van der Waals surface area (Å²) in [6.07, 6.45) is 0. The van der Waals surface area contributed by atoms with Crippen LogP contribution < -0.4 is 34.9 Å². The molecule has 0 heterocycles. The third kappa shape index (κ3) is 4.92. The molecular formula is C18H13N2NaO7S. The monoisotopic (exact) mass is 424 g/mol. The normalized spacial score (nSPS) is 11.0. The fraction of sp³-hybridized carbons (Fsp3) is 0.0556. The number of nitrogens with zero attached hydrogens (tertiary/aromatic N) is 1. The minimum absolute atomic E-state index is 0.